The maximum absolute atomic E-state index is 13.4. The number of aromatic amines is 1. The number of rotatable bonds is 8. The van der Waals surface area contributed by atoms with Crippen molar-refractivity contribution in [2.45, 2.75) is 51.9 Å². The Morgan fingerprint density at radius 1 is 1.29 bits per heavy atom. The Bertz CT molecular complexity index is 959. The molecule has 2 aromatic rings. The zero-order valence-electron chi connectivity index (χ0n) is 18.5. The molecule has 1 atom stereocenters. The van der Waals surface area contributed by atoms with E-state index in [2.05, 4.69) is 34.3 Å². The lowest BCUT2D eigenvalue weighted by Crippen LogP contribution is -2.40. The van der Waals surface area contributed by atoms with Gasteiger partial charge in [-0.1, -0.05) is 32.4 Å². The fourth-order valence-corrected chi connectivity index (χ4v) is 4.97. The second-order valence-corrected chi connectivity index (χ2v) is 8.82. The van der Waals surface area contributed by atoms with Crippen molar-refractivity contribution in [1.29, 1.82) is 0 Å². The number of hydrogen-bond acceptors (Lipinski definition) is 5. The van der Waals surface area contributed by atoms with Gasteiger partial charge >= 0.3 is 0 Å². The first-order chi connectivity index (χ1) is 15.1. The number of nitrogens with one attached hydrogen (secondary N) is 2. The molecule has 2 heterocycles. The van der Waals surface area contributed by atoms with Crippen LogP contribution in [0, 0.1) is 5.92 Å². The van der Waals surface area contributed by atoms with E-state index in [9.17, 15) is 9.59 Å². The quantitative estimate of drug-likeness (QED) is 0.514. The Morgan fingerprint density at radius 2 is 2.06 bits per heavy atom. The molecule has 1 aromatic heterocycles. The van der Waals surface area contributed by atoms with Crippen molar-refractivity contribution in [3.63, 3.8) is 0 Å². The van der Waals surface area contributed by atoms with E-state index in [1.165, 1.54) is 0 Å². The Balaban J connectivity index is 1.52. The van der Waals surface area contributed by atoms with Crippen LogP contribution < -0.4 is 11.1 Å². The Morgan fingerprint density at radius 3 is 2.74 bits per heavy atom. The number of piperidine rings is 1. The molecule has 1 amide bonds. The molecule has 2 aliphatic rings. The molecule has 1 saturated heterocycles. The molecule has 1 aromatic carbocycles. The van der Waals surface area contributed by atoms with Gasteiger partial charge in [0, 0.05) is 11.5 Å². The number of fused-ring (bicyclic) bond motifs is 3. The van der Waals surface area contributed by atoms with E-state index >= 15 is 0 Å². The molecule has 0 spiro atoms. The lowest BCUT2D eigenvalue weighted by molar-refractivity contribution is -0.117. The Labute approximate surface area is 183 Å². The Hall–Kier alpha value is -2.51. The Kier molecular flexibility index (Phi) is 6.53. The van der Waals surface area contributed by atoms with Gasteiger partial charge in [-0.05, 0) is 57.3 Å². The van der Waals surface area contributed by atoms with E-state index in [0.29, 0.717) is 41.5 Å². The van der Waals surface area contributed by atoms with Crippen molar-refractivity contribution in [3.8, 4) is 11.3 Å². The van der Waals surface area contributed by atoms with E-state index in [1.807, 2.05) is 18.2 Å². The maximum Gasteiger partial charge on any atom is 0.238 e. The highest BCUT2D eigenvalue weighted by Gasteiger charge is 2.36. The van der Waals surface area contributed by atoms with E-state index in [4.69, 9.17) is 5.73 Å². The van der Waals surface area contributed by atoms with Gasteiger partial charge in [0.15, 0.2) is 5.78 Å². The van der Waals surface area contributed by atoms with E-state index in [0.717, 1.165) is 56.5 Å². The number of nitrogens with zero attached hydrogens (tertiary/aromatic N) is 2. The molecular formula is C24H33N5O2. The van der Waals surface area contributed by atoms with Crippen LogP contribution >= 0.6 is 0 Å². The van der Waals surface area contributed by atoms with Crippen LogP contribution in [-0.4, -0.2) is 53.0 Å². The van der Waals surface area contributed by atoms with Gasteiger partial charge in [-0.2, -0.15) is 5.10 Å². The summed E-state index contributed by atoms with van der Waals surface area (Å²) in [5.74, 6) is 0.721. The fraction of sp³-hybridized carbons (Fsp3) is 0.542. The highest BCUT2D eigenvalue weighted by molar-refractivity contribution is 6.25. The predicted octanol–water partition coefficient (Wildman–Crippen LogP) is 3.52. The summed E-state index contributed by atoms with van der Waals surface area (Å²) < 4.78 is 0. The number of anilines is 1. The van der Waals surface area contributed by atoms with E-state index in [1.54, 1.807) is 0 Å². The van der Waals surface area contributed by atoms with Crippen LogP contribution in [0.25, 0.3) is 11.3 Å². The standard InChI is InChI=1S/C24H33N5O2/c1-3-6-16(4-2)22-21-23(28-27-22)17-7-5-8-18(20(17)24(21)31)26-19(30)14-29-11-9-15(13-25)10-12-29/h5,7-8,15-16H,3-4,6,9-14,25H2,1-2H3,(H,26,30)(H,27,28). The van der Waals surface area contributed by atoms with Gasteiger partial charge in [0.1, 0.15) is 5.69 Å². The number of carbonyl (C=O) groups is 2. The minimum absolute atomic E-state index is 0.0389. The van der Waals surface area contributed by atoms with Gasteiger partial charge in [0.25, 0.3) is 0 Å². The SMILES string of the molecule is CCCC(CC)c1[nH]nc2c1C(=O)c1c(NC(=O)CN3CCC(CN)CC3)cccc1-2. The monoisotopic (exact) mass is 423 g/mol. The van der Waals surface area contributed by atoms with Gasteiger partial charge in [-0.3, -0.25) is 19.6 Å². The number of hydrogen-bond donors (Lipinski definition) is 3. The average molecular weight is 424 g/mol. The second kappa shape index (κ2) is 9.32. The summed E-state index contributed by atoms with van der Waals surface area (Å²) in [6, 6.07) is 5.60. The van der Waals surface area contributed by atoms with Gasteiger partial charge in [-0.15, -0.1) is 0 Å². The molecule has 166 valence electrons. The van der Waals surface area contributed by atoms with E-state index in [-0.39, 0.29) is 17.6 Å². The third kappa shape index (κ3) is 4.16. The number of ketones is 1. The molecule has 0 saturated carbocycles. The predicted molar refractivity (Wildman–Crippen MR) is 122 cm³/mol. The smallest absolute Gasteiger partial charge is 0.238 e. The highest BCUT2D eigenvalue weighted by Crippen LogP contribution is 2.43. The molecule has 7 heteroatoms. The average Bonchev–Trinajstić information content (AvgIpc) is 3.33. The first-order valence-electron chi connectivity index (χ1n) is 11.6. The molecule has 31 heavy (non-hydrogen) atoms. The summed E-state index contributed by atoms with van der Waals surface area (Å²) >= 11 is 0. The van der Waals surface area contributed by atoms with Crippen molar-refractivity contribution in [1.82, 2.24) is 15.1 Å². The largest absolute Gasteiger partial charge is 0.330 e. The third-order valence-electron chi connectivity index (χ3n) is 6.79. The van der Waals surface area contributed by atoms with Crippen molar-refractivity contribution < 1.29 is 9.59 Å². The molecule has 4 rings (SSSR count). The van der Waals surface area contributed by atoms with Crippen molar-refractivity contribution in [2.75, 3.05) is 31.5 Å². The number of amides is 1. The van der Waals surface area contributed by atoms with Crippen molar-refractivity contribution in [2.24, 2.45) is 11.7 Å². The van der Waals surface area contributed by atoms with Gasteiger partial charge in [0.2, 0.25) is 5.91 Å². The van der Waals surface area contributed by atoms with Crippen LogP contribution in [0.1, 0.15) is 73.5 Å². The fourth-order valence-electron chi connectivity index (χ4n) is 4.97. The molecule has 0 radical (unpaired) electrons. The molecule has 1 unspecified atom stereocenters. The lowest BCUT2D eigenvalue weighted by atomic mass is 9.93. The molecule has 1 aliphatic heterocycles. The van der Waals surface area contributed by atoms with Crippen molar-refractivity contribution >= 4 is 17.4 Å². The summed E-state index contributed by atoms with van der Waals surface area (Å²) in [6.07, 6.45) is 5.08. The third-order valence-corrected chi connectivity index (χ3v) is 6.79. The van der Waals surface area contributed by atoms with Crippen molar-refractivity contribution in [3.05, 3.63) is 35.0 Å². The van der Waals surface area contributed by atoms with Crippen LogP contribution in [-0.2, 0) is 4.79 Å². The summed E-state index contributed by atoms with van der Waals surface area (Å²) in [4.78, 5) is 28.3. The second-order valence-electron chi connectivity index (χ2n) is 8.82. The molecule has 7 nitrogen and oxygen atoms in total. The van der Waals surface area contributed by atoms with Crippen LogP contribution in [0.5, 0.6) is 0 Å². The van der Waals surface area contributed by atoms with Crippen LogP contribution in [0.2, 0.25) is 0 Å². The van der Waals surface area contributed by atoms with Gasteiger partial charge in [0.05, 0.1) is 29.1 Å². The molecule has 4 N–H and O–H groups in total. The zero-order chi connectivity index (χ0) is 22.0. The van der Waals surface area contributed by atoms with Crippen LogP contribution in [0.4, 0.5) is 5.69 Å². The van der Waals surface area contributed by atoms with Crippen LogP contribution in [0.15, 0.2) is 18.2 Å². The number of aromatic nitrogens is 2. The van der Waals surface area contributed by atoms with E-state index < -0.39 is 0 Å². The summed E-state index contributed by atoms with van der Waals surface area (Å²) in [5, 5.41) is 10.6. The molecule has 1 fully saturated rings. The highest BCUT2D eigenvalue weighted by atomic mass is 16.2. The molecule has 0 bridgehead atoms. The minimum Gasteiger partial charge on any atom is -0.330 e. The van der Waals surface area contributed by atoms with Gasteiger partial charge in [-0.25, -0.2) is 0 Å². The van der Waals surface area contributed by atoms with Crippen LogP contribution in [0.3, 0.4) is 0 Å². The first kappa shape index (κ1) is 21.7. The number of carbonyl (C=O) groups excluding carboxylic acids is 2. The summed E-state index contributed by atoms with van der Waals surface area (Å²) in [5.41, 5.74) is 10.0. The lowest BCUT2D eigenvalue weighted by Gasteiger charge is -2.30. The first-order valence-corrected chi connectivity index (χ1v) is 11.6. The maximum atomic E-state index is 13.4. The molecular weight excluding hydrogens is 390 g/mol. The number of benzene rings is 1. The number of H-pyrrole nitrogens is 1. The topological polar surface area (TPSA) is 104 Å². The number of nitrogens with two attached hydrogens (primary N) is 1. The normalized spacial score (nSPS) is 17.5. The minimum atomic E-state index is -0.0869. The summed E-state index contributed by atoms with van der Waals surface area (Å²) in [6.45, 7) is 7.11. The summed E-state index contributed by atoms with van der Waals surface area (Å²) in [7, 11) is 0. The van der Waals surface area contributed by atoms with Gasteiger partial charge < -0.3 is 11.1 Å². The zero-order valence-corrected chi connectivity index (χ0v) is 18.5. The molecule has 1 aliphatic carbocycles. The number of likely N-dealkylation sites (tertiary alicyclic amines) is 1.